The fourth-order valence-electron chi connectivity index (χ4n) is 4.47. The van der Waals surface area contributed by atoms with Gasteiger partial charge < -0.3 is 14.6 Å². The normalized spacial score (nSPS) is 11.5. The molecule has 0 aliphatic carbocycles. The first-order chi connectivity index (χ1) is 16.4. The summed E-state index contributed by atoms with van der Waals surface area (Å²) in [6, 6.07) is 7.11. The molecule has 8 heteroatoms. The molecule has 1 aromatic carbocycles. The third-order valence-electron chi connectivity index (χ3n) is 6.02. The van der Waals surface area contributed by atoms with Gasteiger partial charge >= 0.3 is 7.47 Å². The summed E-state index contributed by atoms with van der Waals surface area (Å²) < 4.78 is 31.4. The van der Waals surface area contributed by atoms with Crippen LogP contribution in [0.2, 0.25) is 0 Å². The van der Waals surface area contributed by atoms with Crippen LogP contribution < -0.4 is 0 Å². The highest BCUT2D eigenvalue weighted by Gasteiger charge is 2.26. The molecule has 0 radical (unpaired) electrons. The van der Waals surface area contributed by atoms with Gasteiger partial charge in [0.1, 0.15) is 12.0 Å². The lowest BCUT2D eigenvalue weighted by Gasteiger charge is -2.10. The Balaban J connectivity index is 2.14. The number of H-pyrrole nitrogens is 2. The van der Waals surface area contributed by atoms with Crippen LogP contribution in [0.1, 0.15) is 76.5 Å². The molecule has 0 unspecified atom stereocenters. The highest BCUT2D eigenvalue weighted by atomic mass is 19.2. The number of aromatic nitrogens is 2. The number of carbonyl (C=O) groups is 2. The Morgan fingerprint density at radius 1 is 1.00 bits per heavy atom. The van der Waals surface area contributed by atoms with Crippen LogP contribution in [0, 0.1) is 0 Å². The number of aromatic amines is 2. The summed E-state index contributed by atoms with van der Waals surface area (Å²) in [4.78, 5) is 30.9. The molecule has 0 aliphatic heterocycles. The Morgan fingerprint density at radius 3 is 2.29 bits per heavy atom. The molecule has 0 spiro atoms. The van der Waals surface area contributed by atoms with Crippen LogP contribution in [0.4, 0.5) is 8.63 Å². The Bertz CT molecular complexity index is 1210. The van der Waals surface area contributed by atoms with Crippen molar-refractivity contribution in [3.63, 3.8) is 0 Å². The first-order valence-corrected chi connectivity index (χ1v) is 11.6. The van der Waals surface area contributed by atoms with Crippen LogP contribution in [0.15, 0.2) is 36.5 Å². The molecule has 2 N–H and O–H groups in total. The van der Waals surface area contributed by atoms with E-state index < -0.39 is 13.3 Å². The lowest BCUT2D eigenvalue weighted by Crippen LogP contribution is -2.09. The number of halogens is 2. The molecule has 2 aromatic heterocycles. The van der Waals surface area contributed by atoms with Gasteiger partial charge in [0, 0.05) is 23.5 Å². The molecule has 0 amide bonds. The molecule has 3 aromatic rings. The molecule has 178 valence electrons. The van der Waals surface area contributed by atoms with Gasteiger partial charge in [-0.3, -0.25) is 9.59 Å². The van der Waals surface area contributed by atoms with Gasteiger partial charge in [0.05, 0.1) is 11.4 Å². The average molecular weight is 466 g/mol. The van der Waals surface area contributed by atoms with Crippen LogP contribution in [0.25, 0.3) is 17.0 Å². The SMILES string of the molecule is CCc1c[nH]c(/C(=C/C(=O)c2[nH]c(-c3cccc(C=O)c3)c(CC)c2CC)OB(F)F)c1CC. The largest absolute Gasteiger partial charge is 0.796 e. The van der Waals surface area contributed by atoms with E-state index in [1.54, 1.807) is 24.4 Å². The summed E-state index contributed by atoms with van der Waals surface area (Å²) in [7, 11) is -3.07. The number of aldehydes is 1. The Hall–Kier alpha value is -3.42. The highest BCUT2D eigenvalue weighted by molar-refractivity contribution is 6.36. The number of carbonyl (C=O) groups excluding carboxylic acids is 2. The molecule has 34 heavy (non-hydrogen) atoms. The van der Waals surface area contributed by atoms with Gasteiger partial charge in [0.15, 0.2) is 0 Å². The predicted molar refractivity (Wildman–Crippen MR) is 131 cm³/mol. The van der Waals surface area contributed by atoms with E-state index in [0.717, 1.165) is 52.3 Å². The summed E-state index contributed by atoms with van der Waals surface area (Å²) >= 11 is 0. The van der Waals surface area contributed by atoms with Crippen molar-refractivity contribution >= 4 is 25.3 Å². The van der Waals surface area contributed by atoms with Gasteiger partial charge in [-0.1, -0.05) is 45.9 Å². The van der Waals surface area contributed by atoms with Gasteiger partial charge in [-0.25, -0.2) is 8.63 Å². The van der Waals surface area contributed by atoms with Crippen LogP contribution in [0.5, 0.6) is 0 Å². The van der Waals surface area contributed by atoms with Gasteiger partial charge in [-0.15, -0.1) is 0 Å². The number of allylic oxidation sites excluding steroid dienone is 1. The lowest BCUT2D eigenvalue weighted by atomic mass is 9.98. The first kappa shape index (κ1) is 25.2. The molecule has 3 rings (SSSR count). The maximum absolute atomic E-state index is 13.4. The summed E-state index contributed by atoms with van der Waals surface area (Å²) in [5, 5.41) is 0. The molecule has 0 fully saturated rings. The molecule has 0 aliphatic rings. The van der Waals surface area contributed by atoms with Crippen molar-refractivity contribution in [1.82, 2.24) is 9.97 Å². The smallest absolute Gasteiger partial charge is 0.503 e. The fraction of sp³-hybridized carbons (Fsp3) is 0.308. The van der Waals surface area contributed by atoms with E-state index in [9.17, 15) is 18.2 Å². The second-order valence-corrected chi connectivity index (χ2v) is 7.91. The number of benzene rings is 1. The molecule has 0 bridgehead atoms. The van der Waals surface area contributed by atoms with Gasteiger partial charge in [-0.05, 0) is 59.6 Å². The van der Waals surface area contributed by atoms with E-state index in [2.05, 4.69) is 9.97 Å². The quantitative estimate of drug-likeness (QED) is 0.116. The number of rotatable bonds is 11. The first-order valence-electron chi connectivity index (χ1n) is 11.6. The van der Waals surface area contributed by atoms with E-state index >= 15 is 0 Å². The zero-order valence-electron chi connectivity index (χ0n) is 19.9. The van der Waals surface area contributed by atoms with Crippen LogP contribution in [0.3, 0.4) is 0 Å². The van der Waals surface area contributed by atoms with Crippen molar-refractivity contribution in [2.24, 2.45) is 0 Å². The number of nitrogens with one attached hydrogen (secondary N) is 2. The van der Waals surface area contributed by atoms with E-state index in [1.807, 2.05) is 33.8 Å². The molecule has 5 nitrogen and oxygen atoms in total. The third-order valence-corrected chi connectivity index (χ3v) is 6.02. The van der Waals surface area contributed by atoms with Crippen LogP contribution in [-0.4, -0.2) is 29.5 Å². The highest BCUT2D eigenvalue weighted by Crippen LogP contribution is 2.31. The summed E-state index contributed by atoms with van der Waals surface area (Å²) in [5.41, 5.74) is 6.42. The van der Waals surface area contributed by atoms with Crippen molar-refractivity contribution < 1.29 is 22.9 Å². The summed E-state index contributed by atoms with van der Waals surface area (Å²) in [6.07, 6.45) is 6.25. The van der Waals surface area contributed by atoms with Crippen molar-refractivity contribution in [2.75, 3.05) is 0 Å². The monoisotopic (exact) mass is 466 g/mol. The van der Waals surface area contributed by atoms with E-state index in [1.165, 1.54) is 0 Å². The fourth-order valence-corrected chi connectivity index (χ4v) is 4.47. The topological polar surface area (TPSA) is 75.0 Å². The van der Waals surface area contributed by atoms with Crippen LogP contribution >= 0.6 is 0 Å². The molecular formula is C26H29BF2N2O3. The number of hydrogen-bond donors (Lipinski definition) is 2. The Kier molecular flexibility index (Phi) is 8.26. The molecule has 0 saturated heterocycles. The molecule has 2 heterocycles. The van der Waals surface area contributed by atoms with Crippen molar-refractivity contribution in [1.29, 1.82) is 0 Å². The molecule has 0 saturated carbocycles. The average Bonchev–Trinajstić information content (AvgIpc) is 3.43. The van der Waals surface area contributed by atoms with Gasteiger partial charge in [-0.2, -0.15) is 0 Å². The maximum atomic E-state index is 13.4. The number of aryl methyl sites for hydroxylation is 1. The second-order valence-electron chi connectivity index (χ2n) is 7.91. The predicted octanol–water partition coefficient (Wildman–Crippen LogP) is 6.24. The zero-order chi connectivity index (χ0) is 24.8. The Morgan fingerprint density at radius 2 is 1.71 bits per heavy atom. The minimum atomic E-state index is -3.07. The van der Waals surface area contributed by atoms with E-state index in [-0.39, 0.29) is 5.76 Å². The second kappa shape index (κ2) is 11.1. The molecular weight excluding hydrogens is 437 g/mol. The number of hydrogen-bond acceptors (Lipinski definition) is 3. The minimum Gasteiger partial charge on any atom is -0.503 e. The zero-order valence-corrected chi connectivity index (χ0v) is 19.9. The number of ketones is 1. The molecule has 0 atom stereocenters. The minimum absolute atomic E-state index is 0.184. The van der Waals surface area contributed by atoms with Gasteiger partial charge in [0.2, 0.25) is 5.78 Å². The van der Waals surface area contributed by atoms with Crippen molar-refractivity contribution in [3.05, 3.63) is 75.7 Å². The lowest BCUT2D eigenvalue weighted by molar-refractivity contribution is 0.104. The van der Waals surface area contributed by atoms with Crippen molar-refractivity contribution in [2.45, 2.75) is 53.4 Å². The van der Waals surface area contributed by atoms with Crippen LogP contribution in [-0.2, 0) is 30.3 Å². The van der Waals surface area contributed by atoms with Crippen molar-refractivity contribution in [3.8, 4) is 11.3 Å². The summed E-state index contributed by atoms with van der Waals surface area (Å²) in [5.74, 6) is -0.634. The Labute approximate surface area is 198 Å². The van der Waals surface area contributed by atoms with Gasteiger partial charge in [0.25, 0.3) is 0 Å². The van der Waals surface area contributed by atoms with E-state index in [0.29, 0.717) is 36.2 Å². The standard InChI is InChI=1S/C26H29BF2N2O3/c1-5-17-14-30-26(19(17)6-2)23(34-27(28)29)13-22(33)25-21(8-4)20(7-3)24(31-25)18-11-9-10-16(12-18)15-32/h9-15,30-31H,5-8H2,1-4H3/b23-13-. The maximum Gasteiger partial charge on any atom is 0.796 e. The third kappa shape index (κ3) is 5.06. The van der Waals surface area contributed by atoms with E-state index in [4.69, 9.17) is 4.65 Å². The summed E-state index contributed by atoms with van der Waals surface area (Å²) in [6.45, 7) is 7.85.